The minimum absolute atomic E-state index is 1.15. The summed E-state index contributed by atoms with van der Waals surface area (Å²) in [5.74, 6) is 0. The molecule has 0 spiro atoms. The summed E-state index contributed by atoms with van der Waals surface area (Å²) >= 11 is 0. The number of para-hydroxylation sites is 2. The molecule has 0 N–H and O–H groups in total. The van der Waals surface area contributed by atoms with Crippen molar-refractivity contribution in [3.05, 3.63) is 182 Å². The van der Waals surface area contributed by atoms with Crippen molar-refractivity contribution < 1.29 is 0 Å². The first-order chi connectivity index (χ1) is 23.8. The first-order valence-corrected chi connectivity index (χ1v) is 16.5. The Morgan fingerprint density at radius 2 is 0.875 bits per heavy atom. The van der Waals surface area contributed by atoms with Gasteiger partial charge in [-0.05, 0) is 87.6 Å². The van der Waals surface area contributed by atoms with Crippen LogP contribution < -0.4 is 0 Å². The minimum Gasteiger partial charge on any atom is -0.309 e. The van der Waals surface area contributed by atoms with Crippen LogP contribution in [0.5, 0.6) is 0 Å². The summed E-state index contributed by atoms with van der Waals surface area (Å²) in [6.07, 6.45) is 0. The number of hydrogen-bond donors (Lipinski definition) is 0. The summed E-state index contributed by atoms with van der Waals surface area (Å²) in [6.45, 7) is 0. The molecule has 0 saturated carbocycles. The van der Waals surface area contributed by atoms with Gasteiger partial charge in [-0.2, -0.15) is 0 Å². The van der Waals surface area contributed by atoms with Gasteiger partial charge in [0.05, 0.1) is 22.1 Å². The predicted molar refractivity (Wildman–Crippen MR) is 203 cm³/mol. The topological polar surface area (TPSA) is 9.86 Å². The maximum Gasteiger partial charge on any atom is 0.0641 e. The minimum atomic E-state index is 1.15. The van der Waals surface area contributed by atoms with Gasteiger partial charge in [0.15, 0.2) is 0 Å². The molecule has 48 heavy (non-hydrogen) atoms. The van der Waals surface area contributed by atoms with E-state index in [1.54, 1.807) is 0 Å². The highest BCUT2D eigenvalue weighted by Gasteiger charge is 2.22. The lowest BCUT2D eigenvalue weighted by Gasteiger charge is -2.14. The average molecular weight is 611 g/mol. The van der Waals surface area contributed by atoms with E-state index in [1.807, 2.05) is 0 Å². The van der Waals surface area contributed by atoms with Gasteiger partial charge in [-0.25, -0.2) is 0 Å². The van der Waals surface area contributed by atoms with Gasteiger partial charge in [-0.1, -0.05) is 127 Å². The molecule has 2 heterocycles. The van der Waals surface area contributed by atoms with Crippen molar-refractivity contribution in [3.8, 4) is 33.6 Å². The van der Waals surface area contributed by atoms with Gasteiger partial charge in [0.25, 0.3) is 0 Å². The monoisotopic (exact) mass is 610 g/mol. The second kappa shape index (κ2) is 10.6. The molecule has 8 aromatic carbocycles. The zero-order valence-electron chi connectivity index (χ0n) is 26.2. The van der Waals surface area contributed by atoms with E-state index in [-0.39, 0.29) is 0 Å². The highest BCUT2D eigenvalue weighted by molar-refractivity contribution is 6.27. The van der Waals surface area contributed by atoms with Crippen molar-refractivity contribution >= 4 is 54.4 Å². The number of hydrogen-bond acceptors (Lipinski definition) is 0. The van der Waals surface area contributed by atoms with Crippen LogP contribution in [0.25, 0.3) is 88.0 Å². The van der Waals surface area contributed by atoms with E-state index in [0.717, 1.165) is 11.4 Å². The quantitative estimate of drug-likeness (QED) is 0.188. The van der Waals surface area contributed by atoms with Gasteiger partial charge in [0.2, 0.25) is 0 Å². The van der Waals surface area contributed by atoms with Crippen LogP contribution in [-0.2, 0) is 0 Å². The zero-order chi connectivity index (χ0) is 31.6. The summed E-state index contributed by atoms with van der Waals surface area (Å²) in [4.78, 5) is 0. The van der Waals surface area contributed by atoms with Crippen LogP contribution in [0.2, 0.25) is 0 Å². The van der Waals surface area contributed by atoms with Crippen LogP contribution in [0, 0.1) is 0 Å². The Kier molecular flexibility index (Phi) is 5.91. The van der Waals surface area contributed by atoms with Crippen molar-refractivity contribution in [1.29, 1.82) is 0 Å². The Hall–Kier alpha value is -6.38. The number of aromatic nitrogens is 2. The molecule has 0 aliphatic rings. The van der Waals surface area contributed by atoms with E-state index in [2.05, 4.69) is 191 Å². The van der Waals surface area contributed by atoms with Gasteiger partial charge < -0.3 is 9.13 Å². The Balaban J connectivity index is 1.40. The van der Waals surface area contributed by atoms with Crippen molar-refractivity contribution in [3.63, 3.8) is 0 Å². The molecule has 0 aliphatic heterocycles. The molecule has 0 atom stereocenters. The molecule has 0 aliphatic carbocycles. The van der Waals surface area contributed by atoms with E-state index in [0.29, 0.717) is 0 Å². The number of benzene rings is 8. The number of fused-ring (bicyclic) bond motifs is 8. The lowest BCUT2D eigenvalue weighted by molar-refractivity contribution is 1.17. The first kappa shape index (κ1) is 26.8. The van der Waals surface area contributed by atoms with E-state index in [4.69, 9.17) is 0 Å². The summed E-state index contributed by atoms with van der Waals surface area (Å²) in [5.41, 5.74) is 11.9. The third-order valence-electron chi connectivity index (χ3n) is 9.83. The second-order valence-electron chi connectivity index (χ2n) is 12.6. The number of rotatable bonds is 4. The Morgan fingerprint density at radius 3 is 1.56 bits per heavy atom. The van der Waals surface area contributed by atoms with Crippen molar-refractivity contribution in [2.45, 2.75) is 0 Å². The second-order valence-corrected chi connectivity index (χ2v) is 12.6. The third-order valence-corrected chi connectivity index (χ3v) is 9.83. The summed E-state index contributed by atoms with van der Waals surface area (Å²) < 4.78 is 4.95. The highest BCUT2D eigenvalue weighted by atomic mass is 15.0. The number of nitrogens with zero attached hydrogens (tertiary/aromatic N) is 2. The van der Waals surface area contributed by atoms with Gasteiger partial charge in [-0.15, -0.1) is 0 Å². The van der Waals surface area contributed by atoms with Gasteiger partial charge in [0, 0.05) is 32.9 Å². The Morgan fingerprint density at radius 1 is 0.292 bits per heavy atom. The van der Waals surface area contributed by atoms with Crippen LogP contribution in [0.4, 0.5) is 0 Å². The van der Waals surface area contributed by atoms with E-state index >= 15 is 0 Å². The zero-order valence-corrected chi connectivity index (χ0v) is 26.2. The largest absolute Gasteiger partial charge is 0.309 e. The van der Waals surface area contributed by atoms with Crippen molar-refractivity contribution in [2.75, 3.05) is 0 Å². The fourth-order valence-electron chi connectivity index (χ4n) is 7.70. The molecule has 224 valence electrons. The molecule has 10 rings (SSSR count). The standard InChI is InChI=1S/C46H30N2/c1-4-14-31(15-5-1)35-26-36(32-16-6-2-7-17-32)28-38(27-35)47-43-25-24-40-39-22-12-13-23-42(39)48(37-20-8-3-9-21-37)46(40)45(43)41-29-33-18-10-11-19-34(33)30-44(41)47/h1-30H. The highest BCUT2D eigenvalue weighted by Crippen LogP contribution is 2.43. The molecular weight excluding hydrogens is 581 g/mol. The lowest BCUT2D eigenvalue weighted by atomic mass is 9.98. The molecule has 0 unspecified atom stereocenters. The summed E-state index contributed by atoms with van der Waals surface area (Å²) in [6, 6.07) is 66.3. The van der Waals surface area contributed by atoms with Gasteiger partial charge >= 0.3 is 0 Å². The fourth-order valence-corrected chi connectivity index (χ4v) is 7.70. The van der Waals surface area contributed by atoms with Gasteiger partial charge in [-0.3, -0.25) is 0 Å². The molecule has 0 saturated heterocycles. The van der Waals surface area contributed by atoms with Crippen LogP contribution in [0.1, 0.15) is 0 Å². The molecule has 10 aromatic rings. The third kappa shape index (κ3) is 4.06. The average Bonchev–Trinajstić information content (AvgIpc) is 3.67. The Labute approximate surface area is 278 Å². The molecule has 0 fully saturated rings. The van der Waals surface area contributed by atoms with E-state index < -0.39 is 0 Å². The molecule has 0 amide bonds. The maximum atomic E-state index is 2.49. The Bertz CT molecular complexity index is 2750. The van der Waals surface area contributed by atoms with Gasteiger partial charge in [0.1, 0.15) is 0 Å². The van der Waals surface area contributed by atoms with E-state index in [9.17, 15) is 0 Å². The van der Waals surface area contributed by atoms with Crippen LogP contribution in [-0.4, -0.2) is 9.13 Å². The molecule has 2 nitrogen and oxygen atoms in total. The summed E-state index contributed by atoms with van der Waals surface area (Å²) in [7, 11) is 0. The first-order valence-electron chi connectivity index (χ1n) is 16.5. The van der Waals surface area contributed by atoms with Crippen molar-refractivity contribution in [2.24, 2.45) is 0 Å². The molecule has 0 bridgehead atoms. The molecule has 0 radical (unpaired) electrons. The van der Waals surface area contributed by atoms with Crippen LogP contribution >= 0.6 is 0 Å². The maximum absolute atomic E-state index is 2.49. The normalized spacial score (nSPS) is 11.8. The molecule has 2 heteroatoms. The molecular formula is C46H30N2. The smallest absolute Gasteiger partial charge is 0.0641 e. The predicted octanol–water partition coefficient (Wildman–Crippen LogP) is 12.4. The fraction of sp³-hybridized carbons (Fsp3) is 0. The van der Waals surface area contributed by atoms with Crippen molar-refractivity contribution in [1.82, 2.24) is 9.13 Å². The molecule has 2 aromatic heterocycles. The lowest BCUT2D eigenvalue weighted by Crippen LogP contribution is -1.97. The summed E-state index contributed by atoms with van der Waals surface area (Å²) in [5, 5.41) is 7.51. The van der Waals surface area contributed by atoms with Crippen LogP contribution in [0.15, 0.2) is 182 Å². The van der Waals surface area contributed by atoms with Crippen LogP contribution in [0.3, 0.4) is 0 Å². The SMILES string of the molecule is c1ccc(-c2cc(-c3ccccc3)cc(-n3c4cc5ccccc5cc4c4c3ccc3c5ccccc5n(-c5ccccc5)c34)c2)cc1. The van der Waals surface area contributed by atoms with E-state index in [1.165, 1.54) is 76.6 Å².